The summed E-state index contributed by atoms with van der Waals surface area (Å²) in [6.45, 7) is 3.36. The van der Waals surface area contributed by atoms with Crippen molar-refractivity contribution >= 4 is 16.1 Å². The fourth-order valence-electron chi connectivity index (χ4n) is 2.36. The van der Waals surface area contributed by atoms with E-state index in [0.717, 1.165) is 0 Å². The first-order valence-corrected chi connectivity index (χ1v) is 8.40. The molecule has 0 aliphatic carbocycles. The molecule has 19 heavy (non-hydrogen) atoms. The van der Waals surface area contributed by atoms with Gasteiger partial charge in [-0.3, -0.25) is 0 Å². The molecule has 0 radical (unpaired) electrons. The average molecular weight is 291 g/mol. The molecule has 0 aromatic heterocycles. The summed E-state index contributed by atoms with van der Waals surface area (Å²) < 4.78 is 29.4. The first kappa shape index (κ1) is 14.5. The van der Waals surface area contributed by atoms with Crippen LogP contribution >= 0.6 is 0 Å². The first-order chi connectivity index (χ1) is 8.97. The zero-order valence-corrected chi connectivity index (χ0v) is 12.0. The highest BCUT2D eigenvalue weighted by molar-refractivity contribution is 7.88. The van der Waals surface area contributed by atoms with Crippen molar-refractivity contribution < 1.29 is 17.9 Å². The Labute approximate surface area is 113 Å². The van der Waals surface area contributed by atoms with Crippen LogP contribution in [0, 0.1) is 0 Å². The molecule has 2 aliphatic rings. The molecule has 110 valence electrons. The summed E-state index contributed by atoms with van der Waals surface area (Å²) in [5.41, 5.74) is 0. The van der Waals surface area contributed by atoms with Gasteiger partial charge in [0, 0.05) is 32.2 Å². The van der Waals surface area contributed by atoms with E-state index in [1.807, 2.05) is 0 Å². The van der Waals surface area contributed by atoms with Gasteiger partial charge in [-0.1, -0.05) is 0 Å². The highest BCUT2D eigenvalue weighted by Crippen LogP contribution is 2.13. The SMILES string of the molecule is CS(=O)(=O)N1CCC(NC(=O)N2CCOCC2)CC1. The maximum absolute atomic E-state index is 12.0. The highest BCUT2D eigenvalue weighted by Gasteiger charge is 2.27. The molecule has 2 saturated heterocycles. The van der Waals surface area contributed by atoms with E-state index in [1.54, 1.807) is 4.90 Å². The lowest BCUT2D eigenvalue weighted by molar-refractivity contribution is 0.0520. The molecule has 0 aromatic carbocycles. The predicted molar refractivity (Wildman–Crippen MR) is 70.4 cm³/mol. The van der Waals surface area contributed by atoms with Crippen LogP contribution in [0.3, 0.4) is 0 Å². The zero-order chi connectivity index (χ0) is 13.9. The standard InChI is InChI=1S/C11H21N3O4S/c1-19(16,17)14-4-2-10(3-5-14)12-11(15)13-6-8-18-9-7-13/h10H,2-9H2,1H3,(H,12,15). The molecule has 0 unspecified atom stereocenters. The molecule has 8 heteroatoms. The Morgan fingerprint density at radius 2 is 1.74 bits per heavy atom. The second-order valence-electron chi connectivity index (χ2n) is 4.99. The van der Waals surface area contributed by atoms with Gasteiger partial charge in [0.1, 0.15) is 0 Å². The van der Waals surface area contributed by atoms with E-state index in [2.05, 4.69) is 5.32 Å². The van der Waals surface area contributed by atoms with Gasteiger partial charge in [0.15, 0.2) is 0 Å². The number of nitrogens with one attached hydrogen (secondary N) is 1. The fourth-order valence-corrected chi connectivity index (χ4v) is 3.24. The van der Waals surface area contributed by atoms with Crippen LogP contribution in [0.15, 0.2) is 0 Å². The van der Waals surface area contributed by atoms with Crippen LogP contribution in [-0.2, 0) is 14.8 Å². The summed E-state index contributed by atoms with van der Waals surface area (Å²) in [6, 6.07) is -0.00514. The number of rotatable bonds is 2. The van der Waals surface area contributed by atoms with Crippen molar-refractivity contribution in [2.75, 3.05) is 45.6 Å². The molecule has 2 heterocycles. The van der Waals surface area contributed by atoms with Crippen LogP contribution in [0.5, 0.6) is 0 Å². The number of hydrogen-bond donors (Lipinski definition) is 1. The van der Waals surface area contributed by atoms with Crippen molar-refractivity contribution in [2.45, 2.75) is 18.9 Å². The molecule has 2 fully saturated rings. The van der Waals surface area contributed by atoms with Crippen molar-refractivity contribution in [1.29, 1.82) is 0 Å². The number of nitrogens with zero attached hydrogens (tertiary/aromatic N) is 2. The van der Waals surface area contributed by atoms with Crippen molar-refractivity contribution in [1.82, 2.24) is 14.5 Å². The number of amides is 2. The maximum Gasteiger partial charge on any atom is 0.317 e. The van der Waals surface area contributed by atoms with Crippen molar-refractivity contribution in [3.8, 4) is 0 Å². The third kappa shape index (κ3) is 4.05. The summed E-state index contributed by atoms with van der Waals surface area (Å²) in [4.78, 5) is 13.7. The topological polar surface area (TPSA) is 79.0 Å². The summed E-state index contributed by atoms with van der Waals surface area (Å²) in [5, 5.41) is 2.97. The van der Waals surface area contributed by atoms with Gasteiger partial charge in [-0.05, 0) is 12.8 Å². The van der Waals surface area contributed by atoms with E-state index in [0.29, 0.717) is 52.2 Å². The van der Waals surface area contributed by atoms with E-state index in [-0.39, 0.29) is 12.1 Å². The maximum atomic E-state index is 12.0. The molecule has 2 amide bonds. The number of hydrogen-bond acceptors (Lipinski definition) is 4. The molecule has 2 rings (SSSR count). The molecule has 0 spiro atoms. The van der Waals surface area contributed by atoms with Crippen LogP contribution in [-0.4, -0.2) is 75.3 Å². The van der Waals surface area contributed by atoms with Crippen LogP contribution in [0.25, 0.3) is 0 Å². The smallest absolute Gasteiger partial charge is 0.317 e. The van der Waals surface area contributed by atoms with E-state index < -0.39 is 10.0 Å². The summed E-state index contributed by atoms with van der Waals surface area (Å²) >= 11 is 0. The average Bonchev–Trinajstić information content (AvgIpc) is 2.39. The summed E-state index contributed by atoms with van der Waals surface area (Å²) in [5.74, 6) is 0. The normalized spacial score (nSPS) is 23.3. The Hall–Kier alpha value is -0.860. The number of sulfonamides is 1. The molecular formula is C11H21N3O4S. The van der Waals surface area contributed by atoms with E-state index in [1.165, 1.54) is 10.6 Å². The lowest BCUT2D eigenvalue weighted by Crippen LogP contribution is -2.52. The van der Waals surface area contributed by atoms with Crippen LogP contribution in [0.4, 0.5) is 4.79 Å². The number of carbonyl (C=O) groups excluding carboxylic acids is 1. The van der Waals surface area contributed by atoms with Gasteiger partial charge >= 0.3 is 6.03 Å². The second kappa shape index (κ2) is 6.06. The third-order valence-corrected chi connectivity index (χ3v) is 4.85. The first-order valence-electron chi connectivity index (χ1n) is 6.55. The Balaban J connectivity index is 1.77. The van der Waals surface area contributed by atoms with Crippen LogP contribution < -0.4 is 5.32 Å². The van der Waals surface area contributed by atoms with Crippen molar-refractivity contribution in [3.05, 3.63) is 0 Å². The molecule has 0 aromatic rings. The van der Waals surface area contributed by atoms with Gasteiger partial charge in [0.2, 0.25) is 10.0 Å². The van der Waals surface area contributed by atoms with Crippen molar-refractivity contribution in [2.24, 2.45) is 0 Å². The highest BCUT2D eigenvalue weighted by atomic mass is 32.2. The molecule has 2 aliphatic heterocycles. The van der Waals surface area contributed by atoms with Gasteiger partial charge in [-0.2, -0.15) is 0 Å². The number of piperidine rings is 1. The van der Waals surface area contributed by atoms with E-state index in [9.17, 15) is 13.2 Å². The number of morpholine rings is 1. The Kier molecular flexibility index (Phi) is 4.64. The largest absolute Gasteiger partial charge is 0.378 e. The summed E-state index contributed by atoms with van der Waals surface area (Å²) in [7, 11) is -3.10. The number of carbonyl (C=O) groups is 1. The minimum Gasteiger partial charge on any atom is -0.378 e. The molecule has 7 nitrogen and oxygen atoms in total. The molecule has 0 bridgehead atoms. The van der Waals surface area contributed by atoms with Gasteiger partial charge < -0.3 is 15.0 Å². The van der Waals surface area contributed by atoms with Gasteiger partial charge in [-0.25, -0.2) is 17.5 Å². The quantitative estimate of drug-likeness (QED) is 0.740. The van der Waals surface area contributed by atoms with E-state index >= 15 is 0 Å². The van der Waals surface area contributed by atoms with Crippen LogP contribution in [0.1, 0.15) is 12.8 Å². The predicted octanol–water partition coefficient (Wildman–Crippen LogP) is -0.548. The van der Waals surface area contributed by atoms with Gasteiger partial charge in [0.05, 0.1) is 19.5 Å². The lowest BCUT2D eigenvalue weighted by Gasteiger charge is -2.33. The molecule has 0 saturated carbocycles. The Morgan fingerprint density at radius 3 is 2.26 bits per heavy atom. The molecule has 1 N–H and O–H groups in total. The van der Waals surface area contributed by atoms with Crippen LogP contribution in [0.2, 0.25) is 0 Å². The minimum absolute atomic E-state index is 0.0633. The second-order valence-corrected chi connectivity index (χ2v) is 6.97. The van der Waals surface area contributed by atoms with Gasteiger partial charge in [0.25, 0.3) is 0 Å². The number of ether oxygens (including phenoxy) is 1. The van der Waals surface area contributed by atoms with Crippen molar-refractivity contribution in [3.63, 3.8) is 0 Å². The summed E-state index contributed by atoms with van der Waals surface area (Å²) in [6.07, 6.45) is 2.56. The third-order valence-electron chi connectivity index (χ3n) is 3.55. The fraction of sp³-hybridized carbons (Fsp3) is 0.909. The molecular weight excluding hydrogens is 270 g/mol. The monoisotopic (exact) mass is 291 g/mol. The minimum atomic E-state index is -3.10. The molecule has 0 atom stereocenters. The Bertz CT molecular complexity index is 412. The lowest BCUT2D eigenvalue weighted by atomic mass is 10.1. The Morgan fingerprint density at radius 1 is 1.16 bits per heavy atom. The van der Waals surface area contributed by atoms with Gasteiger partial charge in [-0.15, -0.1) is 0 Å². The number of urea groups is 1. The van der Waals surface area contributed by atoms with E-state index in [4.69, 9.17) is 4.74 Å². The zero-order valence-electron chi connectivity index (χ0n) is 11.2.